The van der Waals surface area contributed by atoms with Crippen molar-refractivity contribution < 1.29 is 23.8 Å². The van der Waals surface area contributed by atoms with Crippen molar-refractivity contribution in [3.05, 3.63) is 0 Å². The Labute approximate surface area is 114 Å². The fourth-order valence-corrected chi connectivity index (χ4v) is 1.25. The minimum absolute atomic E-state index is 0.0948. The summed E-state index contributed by atoms with van der Waals surface area (Å²) in [6.45, 7) is 9.40. The van der Waals surface area contributed by atoms with Gasteiger partial charge in [-0.15, -0.1) is 0 Å². The summed E-state index contributed by atoms with van der Waals surface area (Å²) in [5, 5.41) is 2.52. The van der Waals surface area contributed by atoms with Crippen LogP contribution in [0.5, 0.6) is 0 Å². The van der Waals surface area contributed by atoms with E-state index in [-0.39, 0.29) is 12.5 Å². The number of ether oxygens (including phenoxy) is 3. The van der Waals surface area contributed by atoms with Gasteiger partial charge in [0.2, 0.25) is 0 Å². The van der Waals surface area contributed by atoms with Crippen LogP contribution in [0.25, 0.3) is 0 Å². The zero-order valence-corrected chi connectivity index (χ0v) is 12.6. The second kappa shape index (κ2) is 7.99. The van der Waals surface area contributed by atoms with E-state index in [0.29, 0.717) is 6.61 Å². The molecule has 0 spiro atoms. The number of rotatable bonds is 6. The number of carbonyl (C=O) groups excluding carboxylic acids is 2. The summed E-state index contributed by atoms with van der Waals surface area (Å²) in [4.78, 5) is 23.5. The number of carbonyl (C=O) groups is 2. The highest BCUT2D eigenvalue weighted by Crippen LogP contribution is 2.09. The molecular weight excluding hydrogens is 250 g/mol. The van der Waals surface area contributed by atoms with E-state index in [2.05, 4.69) is 5.32 Å². The molecule has 0 radical (unpaired) electrons. The zero-order valence-electron chi connectivity index (χ0n) is 12.6. The summed E-state index contributed by atoms with van der Waals surface area (Å²) in [7, 11) is 1.52. The van der Waals surface area contributed by atoms with Crippen LogP contribution in [0, 0.1) is 5.92 Å². The lowest BCUT2D eigenvalue weighted by Crippen LogP contribution is -2.47. The van der Waals surface area contributed by atoms with Gasteiger partial charge in [0, 0.05) is 7.11 Å². The molecule has 0 saturated carbocycles. The Kier molecular flexibility index (Phi) is 7.44. The summed E-state index contributed by atoms with van der Waals surface area (Å²) in [6.07, 6.45) is -0.630. The van der Waals surface area contributed by atoms with E-state index in [9.17, 15) is 9.59 Å². The van der Waals surface area contributed by atoms with Crippen molar-refractivity contribution in [3.63, 3.8) is 0 Å². The average Bonchev–Trinajstić information content (AvgIpc) is 2.23. The Morgan fingerprint density at radius 3 is 2.16 bits per heavy atom. The number of hydrogen-bond acceptors (Lipinski definition) is 5. The predicted octanol–water partition coefficient (Wildman–Crippen LogP) is 1.73. The Morgan fingerprint density at radius 1 is 1.16 bits per heavy atom. The lowest BCUT2D eigenvalue weighted by molar-refractivity contribution is -0.148. The molecule has 0 aliphatic carbocycles. The maximum Gasteiger partial charge on any atom is 0.408 e. The van der Waals surface area contributed by atoms with Crippen LogP contribution in [0.1, 0.15) is 34.6 Å². The summed E-state index contributed by atoms with van der Waals surface area (Å²) in [5.74, 6) is -0.583. The van der Waals surface area contributed by atoms with E-state index in [0.717, 1.165) is 0 Å². The molecule has 0 aliphatic rings. The third-order valence-corrected chi connectivity index (χ3v) is 2.12. The summed E-state index contributed by atoms with van der Waals surface area (Å²) >= 11 is 0. The maximum atomic E-state index is 11.8. The molecule has 0 unspecified atom stereocenters. The number of esters is 1. The quantitative estimate of drug-likeness (QED) is 0.590. The molecule has 0 heterocycles. The standard InChI is InChI=1S/C13H25NO5/c1-9(2)10(11(15)18-8-7-17-6)14-12(16)19-13(3,4)5/h9-10H,7-8H2,1-6H3,(H,14,16)/t10-/m0/s1. The molecule has 0 aromatic rings. The Hall–Kier alpha value is -1.30. The van der Waals surface area contributed by atoms with Crippen LogP contribution in [0.15, 0.2) is 0 Å². The molecule has 0 aromatic carbocycles. The van der Waals surface area contributed by atoms with Crippen LogP contribution < -0.4 is 5.32 Å². The molecule has 0 aliphatic heterocycles. The topological polar surface area (TPSA) is 73.9 Å². The highest BCUT2D eigenvalue weighted by Gasteiger charge is 2.27. The van der Waals surface area contributed by atoms with Gasteiger partial charge in [0.1, 0.15) is 18.2 Å². The summed E-state index contributed by atoms with van der Waals surface area (Å²) in [6, 6.07) is -0.730. The van der Waals surface area contributed by atoms with Crippen LogP contribution in [0.2, 0.25) is 0 Å². The third kappa shape index (κ3) is 8.42. The van der Waals surface area contributed by atoms with Crippen molar-refractivity contribution in [2.45, 2.75) is 46.3 Å². The van der Waals surface area contributed by atoms with Crippen molar-refractivity contribution in [2.24, 2.45) is 5.92 Å². The first-order valence-electron chi connectivity index (χ1n) is 6.32. The Bertz CT molecular complexity index is 296. The molecule has 0 saturated heterocycles. The third-order valence-electron chi connectivity index (χ3n) is 2.12. The van der Waals surface area contributed by atoms with E-state index in [1.54, 1.807) is 20.8 Å². The maximum absolute atomic E-state index is 11.8. The van der Waals surface area contributed by atoms with Gasteiger partial charge in [0.15, 0.2) is 0 Å². The minimum atomic E-state index is -0.730. The van der Waals surface area contributed by atoms with Gasteiger partial charge in [0.25, 0.3) is 0 Å². The minimum Gasteiger partial charge on any atom is -0.462 e. The zero-order chi connectivity index (χ0) is 15.1. The average molecular weight is 275 g/mol. The number of hydrogen-bond donors (Lipinski definition) is 1. The number of methoxy groups -OCH3 is 1. The molecule has 6 heteroatoms. The Morgan fingerprint density at radius 2 is 1.74 bits per heavy atom. The normalized spacial score (nSPS) is 13.0. The van der Waals surface area contributed by atoms with E-state index >= 15 is 0 Å². The van der Waals surface area contributed by atoms with Crippen LogP contribution >= 0.6 is 0 Å². The second-order valence-corrected chi connectivity index (χ2v) is 5.53. The van der Waals surface area contributed by atoms with Gasteiger partial charge >= 0.3 is 12.1 Å². The van der Waals surface area contributed by atoms with Crippen molar-refractivity contribution in [2.75, 3.05) is 20.3 Å². The number of nitrogens with one attached hydrogen (secondary N) is 1. The molecule has 6 nitrogen and oxygen atoms in total. The molecule has 1 N–H and O–H groups in total. The second-order valence-electron chi connectivity index (χ2n) is 5.53. The van der Waals surface area contributed by atoms with Crippen molar-refractivity contribution in [3.8, 4) is 0 Å². The van der Waals surface area contributed by atoms with Crippen molar-refractivity contribution in [1.82, 2.24) is 5.32 Å². The smallest absolute Gasteiger partial charge is 0.408 e. The van der Waals surface area contributed by atoms with E-state index in [1.807, 2.05) is 13.8 Å². The molecule has 1 amide bonds. The van der Waals surface area contributed by atoms with Crippen molar-refractivity contribution >= 4 is 12.1 Å². The van der Waals surface area contributed by atoms with Gasteiger partial charge in [-0.2, -0.15) is 0 Å². The number of amides is 1. The molecule has 112 valence electrons. The van der Waals surface area contributed by atoms with E-state index in [4.69, 9.17) is 14.2 Å². The molecule has 0 fully saturated rings. The predicted molar refractivity (Wildman–Crippen MR) is 70.8 cm³/mol. The Balaban J connectivity index is 4.40. The van der Waals surface area contributed by atoms with Crippen LogP contribution in [0.3, 0.4) is 0 Å². The van der Waals surface area contributed by atoms with Gasteiger partial charge in [0.05, 0.1) is 6.61 Å². The van der Waals surface area contributed by atoms with Crippen molar-refractivity contribution in [1.29, 1.82) is 0 Å². The highest BCUT2D eigenvalue weighted by molar-refractivity contribution is 5.81. The lowest BCUT2D eigenvalue weighted by atomic mass is 10.1. The molecular formula is C13H25NO5. The lowest BCUT2D eigenvalue weighted by Gasteiger charge is -2.24. The van der Waals surface area contributed by atoms with E-state index < -0.39 is 23.7 Å². The van der Waals surface area contributed by atoms with Gasteiger partial charge in [-0.05, 0) is 26.7 Å². The molecule has 19 heavy (non-hydrogen) atoms. The van der Waals surface area contributed by atoms with E-state index in [1.165, 1.54) is 7.11 Å². The van der Waals surface area contributed by atoms with Crippen LogP contribution in [0.4, 0.5) is 4.79 Å². The van der Waals surface area contributed by atoms with Gasteiger partial charge in [-0.1, -0.05) is 13.8 Å². The first kappa shape index (κ1) is 17.7. The van der Waals surface area contributed by atoms with Gasteiger partial charge < -0.3 is 19.5 Å². The fourth-order valence-electron chi connectivity index (χ4n) is 1.25. The van der Waals surface area contributed by atoms with Crippen LogP contribution in [-0.4, -0.2) is 44.0 Å². The van der Waals surface area contributed by atoms with Crippen LogP contribution in [-0.2, 0) is 19.0 Å². The summed E-state index contributed by atoms with van der Waals surface area (Å²) < 4.78 is 14.9. The molecule has 1 atom stereocenters. The largest absolute Gasteiger partial charge is 0.462 e. The highest BCUT2D eigenvalue weighted by atomic mass is 16.6. The fraction of sp³-hybridized carbons (Fsp3) is 0.846. The number of alkyl carbamates (subject to hydrolysis) is 1. The van der Waals surface area contributed by atoms with Gasteiger partial charge in [-0.25, -0.2) is 9.59 Å². The first-order valence-corrected chi connectivity index (χ1v) is 6.32. The molecule has 0 rings (SSSR count). The molecule has 0 aromatic heterocycles. The molecule has 0 bridgehead atoms. The first-order chi connectivity index (χ1) is 8.67. The SMILES string of the molecule is COCCOC(=O)[C@@H](NC(=O)OC(C)(C)C)C(C)C. The summed E-state index contributed by atoms with van der Waals surface area (Å²) in [5.41, 5.74) is -0.606. The van der Waals surface area contributed by atoms with Gasteiger partial charge in [-0.3, -0.25) is 0 Å². The monoisotopic (exact) mass is 275 g/mol.